The van der Waals surface area contributed by atoms with Crippen molar-refractivity contribution in [2.24, 2.45) is 0 Å². The molecule has 2 amide bonds. The second-order valence-corrected chi connectivity index (χ2v) is 10.5. The maximum absolute atomic E-state index is 14.7. The quantitative estimate of drug-likeness (QED) is 0.318. The predicted octanol–water partition coefficient (Wildman–Crippen LogP) is 6.27. The summed E-state index contributed by atoms with van der Waals surface area (Å²) in [5.41, 5.74) is 1.33. The average molecular weight is 525 g/mol. The van der Waals surface area contributed by atoms with E-state index in [4.69, 9.17) is 11.6 Å². The molecule has 7 heteroatoms. The monoisotopic (exact) mass is 524 g/mol. The Morgan fingerprint density at radius 3 is 2.33 bits per heavy atom. The van der Waals surface area contributed by atoms with E-state index in [-0.39, 0.29) is 30.2 Å². The van der Waals surface area contributed by atoms with E-state index in [0.29, 0.717) is 17.0 Å². The SMILES string of the molecule is O=C(NC1CCCC1)[C@H](Cc1ccccc1)N(Cc1ccccc1F)C(=O)CSc1ccc(Cl)cc1. The van der Waals surface area contributed by atoms with E-state index in [1.54, 1.807) is 35.2 Å². The number of halogens is 2. The Morgan fingerprint density at radius 2 is 1.64 bits per heavy atom. The topological polar surface area (TPSA) is 49.4 Å². The first-order valence-electron chi connectivity index (χ1n) is 12.2. The van der Waals surface area contributed by atoms with Crippen LogP contribution in [0.2, 0.25) is 5.02 Å². The van der Waals surface area contributed by atoms with Gasteiger partial charge >= 0.3 is 0 Å². The van der Waals surface area contributed by atoms with Crippen molar-refractivity contribution in [1.29, 1.82) is 0 Å². The minimum absolute atomic E-state index is 0.0161. The van der Waals surface area contributed by atoms with Crippen LogP contribution in [0.3, 0.4) is 0 Å². The van der Waals surface area contributed by atoms with E-state index in [9.17, 15) is 14.0 Å². The van der Waals surface area contributed by atoms with Crippen LogP contribution in [-0.4, -0.2) is 34.6 Å². The first kappa shape index (κ1) is 26.2. The normalized spacial score (nSPS) is 14.4. The predicted molar refractivity (Wildman–Crippen MR) is 143 cm³/mol. The first-order chi connectivity index (χ1) is 17.5. The van der Waals surface area contributed by atoms with Crippen molar-refractivity contribution in [3.63, 3.8) is 0 Å². The van der Waals surface area contributed by atoms with Gasteiger partial charge in [-0.05, 0) is 48.7 Å². The molecule has 0 radical (unpaired) electrons. The number of benzene rings is 3. The summed E-state index contributed by atoms with van der Waals surface area (Å²) in [7, 11) is 0. The van der Waals surface area contributed by atoms with Gasteiger partial charge in [0.15, 0.2) is 0 Å². The molecule has 1 aliphatic carbocycles. The minimum atomic E-state index is -0.758. The van der Waals surface area contributed by atoms with Crippen LogP contribution in [0.4, 0.5) is 4.39 Å². The number of amides is 2. The Labute approximate surface area is 221 Å². The fourth-order valence-corrected chi connectivity index (χ4v) is 5.40. The maximum atomic E-state index is 14.7. The zero-order valence-corrected chi connectivity index (χ0v) is 21.6. The van der Waals surface area contributed by atoms with Crippen molar-refractivity contribution >= 4 is 35.2 Å². The van der Waals surface area contributed by atoms with Gasteiger partial charge in [0.05, 0.1) is 5.75 Å². The maximum Gasteiger partial charge on any atom is 0.243 e. The number of hydrogen-bond acceptors (Lipinski definition) is 3. The summed E-state index contributed by atoms with van der Waals surface area (Å²) in [6.45, 7) is 0.0161. The number of rotatable bonds is 10. The van der Waals surface area contributed by atoms with Gasteiger partial charge in [-0.25, -0.2) is 4.39 Å². The van der Waals surface area contributed by atoms with Gasteiger partial charge in [0.2, 0.25) is 11.8 Å². The second-order valence-electron chi connectivity index (χ2n) is 9.05. The van der Waals surface area contributed by atoms with Crippen molar-refractivity contribution in [1.82, 2.24) is 10.2 Å². The van der Waals surface area contributed by atoms with Crippen molar-refractivity contribution in [3.05, 3.63) is 101 Å². The van der Waals surface area contributed by atoms with Crippen LogP contribution in [0.5, 0.6) is 0 Å². The lowest BCUT2D eigenvalue weighted by molar-refractivity contribution is -0.139. The molecule has 188 valence electrons. The Hall–Kier alpha value is -2.83. The number of carbonyl (C=O) groups excluding carboxylic acids is 2. The van der Waals surface area contributed by atoms with E-state index in [0.717, 1.165) is 36.1 Å². The summed E-state index contributed by atoms with van der Waals surface area (Å²) >= 11 is 7.36. The number of thioether (sulfide) groups is 1. The van der Waals surface area contributed by atoms with E-state index in [1.165, 1.54) is 17.8 Å². The third-order valence-corrected chi connectivity index (χ3v) is 7.70. The third kappa shape index (κ3) is 7.34. The van der Waals surface area contributed by atoms with Crippen molar-refractivity contribution in [2.45, 2.75) is 55.6 Å². The Balaban J connectivity index is 1.61. The summed E-state index contributed by atoms with van der Waals surface area (Å²) in [5.74, 6) is -0.680. The van der Waals surface area contributed by atoms with Crippen LogP contribution in [-0.2, 0) is 22.6 Å². The Bertz CT molecular complexity index is 1150. The summed E-state index contributed by atoms with van der Waals surface area (Å²) in [6.07, 6.45) is 4.41. The molecule has 1 fully saturated rings. The van der Waals surface area contributed by atoms with Crippen molar-refractivity contribution in [2.75, 3.05) is 5.75 Å². The molecule has 3 aromatic carbocycles. The van der Waals surface area contributed by atoms with Gasteiger partial charge in [-0.1, -0.05) is 73.0 Å². The van der Waals surface area contributed by atoms with Crippen LogP contribution in [0.25, 0.3) is 0 Å². The summed E-state index contributed by atoms with van der Waals surface area (Å²) in [5, 5.41) is 3.79. The Morgan fingerprint density at radius 1 is 0.972 bits per heavy atom. The molecule has 36 heavy (non-hydrogen) atoms. The number of nitrogens with zero attached hydrogens (tertiary/aromatic N) is 1. The molecule has 3 aromatic rings. The summed E-state index contributed by atoms with van der Waals surface area (Å²) in [4.78, 5) is 29.7. The number of carbonyl (C=O) groups is 2. The van der Waals surface area contributed by atoms with Crippen LogP contribution >= 0.6 is 23.4 Å². The van der Waals surface area contributed by atoms with Gasteiger partial charge in [0.25, 0.3) is 0 Å². The van der Waals surface area contributed by atoms with Crippen molar-refractivity contribution < 1.29 is 14.0 Å². The highest BCUT2D eigenvalue weighted by Gasteiger charge is 2.32. The van der Waals surface area contributed by atoms with Gasteiger partial charge < -0.3 is 10.2 Å². The minimum Gasteiger partial charge on any atom is -0.352 e. The molecule has 1 saturated carbocycles. The average Bonchev–Trinajstić information content (AvgIpc) is 3.40. The molecule has 1 N–H and O–H groups in total. The van der Waals surface area contributed by atoms with Gasteiger partial charge in [-0.15, -0.1) is 11.8 Å². The van der Waals surface area contributed by atoms with Gasteiger partial charge in [-0.3, -0.25) is 9.59 Å². The molecular formula is C29H30ClFN2O2S. The lowest BCUT2D eigenvalue weighted by Gasteiger charge is -2.32. The van der Waals surface area contributed by atoms with E-state index in [1.807, 2.05) is 42.5 Å². The van der Waals surface area contributed by atoms with Gasteiger partial charge in [0, 0.05) is 34.5 Å². The van der Waals surface area contributed by atoms with Crippen molar-refractivity contribution in [3.8, 4) is 0 Å². The standard InChI is InChI=1S/C29H30ClFN2O2S/c30-23-14-16-25(17-15-23)36-20-28(34)33(19-22-10-4-7-13-26(22)31)27(18-21-8-2-1-3-9-21)29(35)32-24-11-5-6-12-24/h1-4,7-10,13-17,24,27H,5-6,11-12,18-20H2,(H,32,35)/t27-/m0/s1. The largest absolute Gasteiger partial charge is 0.352 e. The van der Waals surface area contributed by atoms with Crippen LogP contribution in [0.1, 0.15) is 36.8 Å². The zero-order chi connectivity index (χ0) is 25.3. The smallest absolute Gasteiger partial charge is 0.243 e. The molecule has 0 spiro atoms. The molecule has 0 aromatic heterocycles. The van der Waals surface area contributed by atoms with Crippen LogP contribution < -0.4 is 5.32 Å². The number of hydrogen-bond donors (Lipinski definition) is 1. The number of nitrogens with one attached hydrogen (secondary N) is 1. The molecule has 4 rings (SSSR count). The summed E-state index contributed by atoms with van der Waals surface area (Å²) in [6, 6.07) is 22.7. The molecular weight excluding hydrogens is 495 g/mol. The molecule has 0 unspecified atom stereocenters. The lowest BCUT2D eigenvalue weighted by atomic mass is 10.0. The van der Waals surface area contributed by atoms with E-state index in [2.05, 4.69) is 5.32 Å². The lowest BCUT2D eigenvalue weighted by Crippen LogP contribution is -2.52. The highest BCUT2D eigenvalue weighted by atomic mass is 35.5. The molecule has 0 bridgehead atoms. The van der Waals surface area contributed by atoms with Gasteiger partial charge in [0.1, 0.15) is 11.9 Å². The van der Waals surface area contributed by atoms with Crippen LogP contribution in [0, 0.1) is 5.82 Å². The summed E-state index contributed by atoms with van der Waals surface area (Å²) < 4.78 is 14.7. The molecule has 4 nitrogen and oxygen atoms in total. The molecule has 1 atom stereocenters. The highest BCUT2D eigenvalue weighted by Crippen LogP contribution is 2.24. The molecule has 0 saturated heterocycles. The third-order valence-electron chi connectivity index (χ3n) is 6.45. The van der Waals surface area contributed by atoms with E-state index < -0.39 is 11.9 Å². The van der Waals surface area contributed by atoms with Crippen LogP contribution in [0.15, 0.2) is 83.8 Å². The second kappa shape index (κ2) is 12.9. The Kier molecular flexibility index (Phi) is 9.42. The van der Waals surface area contributed by atoms with Gasteiger partial charge in [-0.2, -0.15) is 0 Å². The fourth-order valence-electron chi connectivity index (χ4n) is 4.49. The molecule has 0 aliphatic heterocycles. The highest BCUT2D eigenvalue weighted by molar-refractivity contribution is 8.00. The van der Waals surface area contributed by atoms with E-state index >= 15 is 0 Å². The molecule has 1 aliphatic rings. The first-order valence-corrected chi connectivity index (χ1v) is 13.6. The zero-order valence-electron chi connectivity index (χ0n) is 20.0. The fraction of sp³-hybridized carbons (Fsp3) is 0.310. The molecule has 0 heterocycles.